The summed E-state index contributed by atoms with van der Waals surface area (Å²) in [6, 6.07) is 63.2. The molecule has 0 N–H and O–H groups in total. The quantitative estimate of drug-likeness (QED) is 0.186. The zero-order valence-corrected chi connectivity index (χ0v) is 27.3. The molecule has 0 atom stereocenters. The van der Waals surface area contributed by atoms with Crippen LogP contribution < -0.4 is 4.90 Å². The molecule has 0 aliphatic carbocycles. The Labute approximate surface area is 287 Å². The molecule has 0 saturated heterocycles. The van der Waals surface area contributed by atoms with E-state index in [2.05, 4.69) is 175 Å². The van der Waals surface area contributed by atoms with Gasteiger partial charge in [0, 0.05) is 47.6 Å². The maximum absolute atomic E-state index is 6.47. The molecule has 0 fully saturated rings. The van der Waals surface area contributed by atoms with Gasteiger partial charge in [-0.25, -0.2) is 0 Å². The Morgan fingerprint density at radius 2 is 1.10 bits per heavy atom. The summed E-state index contributed by atoms with van der Waals surface area (Å²) in [5.41, 5.74) is 9.88. The average molecular weight is 644 g/mol. The predicted molar refractivity (Wildman–Crippen MR) is 210 cm³/mol. The molecule has 2 aromatic heterocycles. The fourth-order valence-electron chi connectivity index (χ4n) is 7.38. The van der Waals surface area contributed by atoms with Gasteiger partial charge in [-0.15, -0.1) is 11.3 Å². The number of rotatable bonds is 5. The van der Waals surface area contributed by atoms with Crippen molar-refractivity contribution in [1.29, 1.82) is 0 Å². The van der Waals surface area contributed by atoms with E-state index < -0.39 is 0 Å². The number of hydrogen-bond donors (Lipinski definition) is 0. The van der Waals surface area contributed by atoms with Gasteiger partial charge in [0.25, 0.3) is 0 Å². The second-order valence-electron chi connectivity index (χ2n) is 12.5. The van der Waals surface area contributed by atoms with Gasteiger partial charge in [-0.1, -0.05) is 127 Å². The number of fused-ring (bicyclic) bond motifs is 7. The topological polar surface area (TPSA) is 16.4 Å². The van der Waals surface area contributed by atoms with E-state index >= 15 is 0 Å². The van der Waals surface area contributed by atoms with Crippen LogP contribution in [0.2, 0.25) is 0 Å². The molecule has 3 heteroatoms. The van der Waals surface area contributed by atoms with Crippen LogP contribution in [0.4, 0.5) is 17.1 Å². The summed E-state index contributed by atoms with van der Waals surface area (Å²) in [6.45, 7) is 0. The summed E-state index contributed by atoms with van der Waals surface area (Å²) in [7, 11) is 0. The van der Waals surface area contributed by atoms with E-state index in [1.54, 1.807) is 0 Å². The molecule has 0 aliphatic heterocycles. The average Bonchev–Trinajstić information content (AvgIpc) is 3.74. The number of furan rings is 1. The van der Waals surface area contributed by atoms with Crippen molar-refractivity contribution in [3.63, 3.8) is 0 Å². The number of para-hydroxylation sites is 1. The van der Waals surface area contributed by atoms with Gasteiger partial charge in [-0.05, 0) is 70.6 Å². The van der Waals surface area contributed by atoms with Crippen molar-refractivity contribution in [1.82, 2.24) is 0 Å². The molecule has 0 amide bonds. The highest BCUT2D eigenvalue weighted by Gasteiger charge is 2.20. The molecule has 0 bridgehead atoms. The first-order valence-corrected chi connectivity index (χ1v) is 17.4. The Hall–Kier alpha value is -6.16. The first-order valence-electron chi connectivity index (χ1n) is 16.6. The SMILES string of the molecule is c1ccc(-c2cccc3c2oc2ccc(-c4ccc(N(c5cccc6ccccc56)c5cccc6sc7ccccc7c56)cc4)cc23)cc1. The van der Waals surface area contributed by atoms with E-state index in [1.165, 1.54) is 36.6 Å². The fraction of sp³-hybridized carbons (Fsp3) is 0. The zero-order chi connectivity index (χ0) is 32.3. The van der Waals surface area contributed by atoms with E-state index in [0.717, 1.165) is 55.6 Å². The van der Waals surface area contributed by atoms with Gasteiger partial charge in [0.1, 0.15) is 11.2 Å². The third kappa shape index (κ3) is 4.55. The molecule has 0 radical (unpaired) electrons. The molecular formula is C46H29NOS. The highest BCUT2D eigenvalue weighted by molar-refractivity contribution is 7.26. The largest absolute Gasteiger partial charge is 0.455 e. The van der Waals surface area contributed by atoms with Crippen molar-refractivity contribution in [2.45, 2.75) is 0 Å². The molecule has 0 aliphatic rings. The molecule has 0 spiro atoms. The fourth-order valence-corrected chi connectivity index (χ4v) is 8.51. The van der Waals surface area contributed by atoms with Gasteiger partial charge in [0.2, 0.25) is 0 Å². The van der Waals surface area contributed by atoms with Crippen LogP contribution in [0.15, 0.2) is 180 Å². The van der Waals surface area contributed by atoms with Gasteiger partial charge < -0.3 is 9.32 Å². The van der Waals surface area contributed by atoms with Gasteiger partial charge in [-0.2, -0.15) is 0 Å². The maximum atomic E-state index is 6.47. The maximum Gasteiger partial charge on any atom is 0.143 e. The minimum Gasteiger partial charge on any atom is -0.455 e. The van der Waals surface area contributed by atoms with E-state index in [0.29, 0.717) is 0 Å². The second kappa shape index (κ2) is 11.2. The van der Waals surface area contributed by atoms with Gasteiger partial charge in [-0.3, -0.25) is 0 Å². The zero-order valence-electron chi connectivity index (χ0n) is 26.5. The van der Waals surface area contributed by atoms with Crippen molar-refractivity contribution in [3.05, 3.63) is 176 Å². The highest BCUT2D eigenvalue weighted by atomic mass is 32.1. The third-order valence-electron chi connectivity index (χ3n) is 9.67. The Kier molecular flexibility index (Phi) is 6.39. The number of nitrogens with zero attached hydrogens (tertiary/aromatic N) is 1. The third-order valence-corrected chi connectivity index (χ3v) is 10.8. The van der Waals surface area contributed by atoms with Crippen molar-refractivity contribution < 1.29 is 4.42 Å². The van der Waals surface area contributed by atoms with Crippen LogP contribution in [0.3, 0.4) is 0 Å². The Bertz CT molecular complexity index is 2820. The standard InChI is InChI=1S/C46H29NOS/c1-2-11-32(12-3-1)36-17-9-18-37-39-29-33(25-28-42(39)48-46(36)37)30-23-26-34(27-24-30)47(40-19-8-14-31-13-4-5-15-35(31)40)41-20-10-22-44-45(41)38-16-6-7-21-43(38)49-44/h1-29H. The lowest BCUT2D eigenvalue weighted by Crippen LogP contribution is -2.10. The van der Waals surface area contributed by atoms with Gasteiger partial charge in [0.05, 0.1) is 11.4 Å². The molecule has 230 valence electrons. The summed E-state index contributed by atoms with van der Waals surface area (Å²) in [5.74, 6) is 0. The predicted octanol–water partition coefficient (Wildman–Crippen LogP) is 13.9. The number of hydrogen-bond acceptors (Lipinski definition) is 3. The molecular weight excluding hydrogens is 615 g/mol. The lowest BCUT2D eigenvalue weighted by atomic mass is 9.99. The highest BCUT2D eigenvalue weighted by Crippen LogP contribution is 2.46. The Morgan fingerprint density at radius 1 is 0.429 bits per heavy atom. The number of anilines is 3. The van der Waals surface area contributed by atoms with E-state index in [1.807, 2.05) is 17.4 Å². The Balaban J connectivity index is 1.12. The van der Waals surface area contributed by atoms with E-state index in [9.17, 15) is 0 Å². The number of thiophene rings is 1. The van der Waals surface area contributed by atoms with Crippen molar-refractivity contribution in [2.75, 3.05) is 4.90 Å². The molecule has 49 heavy (non-hydrogen) atoms. The van der Waals surface area contributed by atoms with Crippen LogP contribution in [0, 0.1) is 0 Å². The van der Waals surface area contributed by atoms with Crippen LogP contribution in [0.5, 0.6) is 0 Å². The molecule has 0 unspecified atom stereocenters. The summed E-state index contributed by atoms with van der Waals surface area (Å²) in [6.07, 6.45) is 0. The van der Waals surface area contributed by atoms with Crippen molar-refractivity contribution in [3.8, 4) is 22.3 Å². The van der Waals surface area contributed by atoms with Crippen LogP contribution in [0.25, 0.3) is 75.1 Å². The van der Waals surface area contributed by atoms with Crippen molar-refractivity contribution >= 4 is 81.3 Å². The lowest BCUT2D eigenvalue weighted by molar-refractivity contribution is 0.670. The first-order chi connectivity index (χ1) is 24.3. The van der Waals surface area contributed by atoms with Crippen LogP contribution >= 0.6 is 11.3 Å². The summed E-state index contributed by atoms with van der Waals surface area (Å²) < 4.78 is 9.06. The summed E-state index contributed by atoms with van der Waals surface area (Å²) in [5, 5.41) is 7.27. The van der Waals surface area contributed by atoms with Crippen molar-refractivity contribution in [2.24, 2.45) is 0 Å². The van der Waals surface area contributed by atoms with E-state index in [4.69, 9.17) is 4.42 Å². The molecule has 8 aromatic carbocycles. The monoisotopic (exact) mass is 643 g/mol. The summed E-state index contributed by atoms with van der Waals surface area (Å²) >= 11 is 1.85. The molecule has 0 saturated carbocycles. The lowest BCUT2D eigenvalue weighted by Gasteiger charge is -2.28. The summed E-state index contributed by atoms with van der Waals surface area (Å²) in [4.78, 5) is 2.44. The van der Waals surface area contributed by atoms with Crippen LogP contribution in [-0.4, -0.2) is 0 Å². The van der Waals surface area contributed by atoms with E-state index in [-0.39, 0.29) is 0 Å². The minimum atomic E-state index is 0.900. The normalized spacial score (nSPS) is 11.7. The van der Waals surface area contributed by atoms with Crippen LogP contribution in [-0.2, 0) is 0 Å². The number of benzene rings is 8. The van der Waals surface area contributed by atoms with Gasteiger partial charge >= 0.3 is 0 Å². The molecule has 10 rings (SSSR count). The minimum absolute atomic E-state index is 0.900. The Morgan fingerprint density at radius 3 is 2.00 bits per heavy atom. The molecule has 2 heterocycles. The first kappa shape index (κ1) is 27.9. The second-order valence-corrected chi connectivity index (χ2v) is 13.6. The van der Waals surface area contributed by atoms with Gasteiger partial charge in [0.15, 0.2) is 0 Å². The van der Waals surface area contributed by atoms with Crippen LogP contribution in [0.1, 0.15) is 0 Å². The molecule has 10 aromatic rings. The smallest absolute Gasteiger partial charge is 0.143 e. The molecule has 2 nitrogen and oxygen atoms in total.